The zero-order valence-corrected chi connectivity index (χ0v) is 11.4. The summed E-state index contributed by atoms with van der Waals surface area (Å²) in [6, 6.07) is 11.1. The van der Waals surface area contributed by atoms with E-state index < -0.39 is 11.7 Å². The van der Waals surface area contributed by atoms with Crippen LogP contribution in [0.1, 0.15) is 18.1 Å². The predicted octanol–water partition coefficient (Wildman–Crippen LogP) is 4.89. The van der Waals surface area contributed by atoms with Crippen molar-refractivity contribution in [2.45, 2.75) is 25.6 Å². The molecule has 0 saturated heterocycles. The Balaban J connectivity index is 2.02. The summed E-state index contributed by atoms with van der Waals surface area (Å²) in [6.45, 7) is 1.86. The zero-order valence-electron chi connectivity index (χ0n) is 11.4. The van der Waals surface area contributed by atoms with Gasteiger partial charge in [0.2, 0.25) is 0 Å². The monoisotopic (exact) mass is 297 g/mol. The summed E-state index contributed by atoms with van der Waals surface area (Å²) in [5, 5.41) is 3.02. The van der Waals surface area contributed by atoms with Crippen LogP contribution < -0.4 is 5.32 Å². The van der Waals surface area contributed by atoms with Crippen molar-refractivity contribution >= 4 is 5.69 Å². The average molecular weight is 297 g/mol. The maximum atomic E-state index is 12.8. The van der Waals surface area contributed by atoms with Crippen LogP contribution in [0.15, 0.2) is 48.5 Å². The lowest BCUT2D eigenvalue weighted by molar-refractivity contribution is -0.137. The molecule has 2 aromatic carbocycles. The average Bonchev–Trinajstić information content (AvgIpc) is 2.41. The molecule has 0 saturated carbocycles. The normalized spacial score (nSPS) is 13.0. The van der Waals surface area contributed by atoms with Gasteiger partial charge in [-0.05, 0) is 49.2 Å². The molecule has 1 nitrogen and oxygen atoms in total. The number of hydrogen-bond donors (Lipinski definition) is 1. The second-order valence-electron chi connectivity index (χ2n) is 4.95. The molecular formula is C16H15F4N. The molecule has 0 aliphatic rings. The molecule has 0 aliphatic heterocycles. The van der Waals surface area contributed by atoms with Crippen LogP contribution in [0.25, 0.3) is 0 Å². The first-order valence-electron chi connectivity index (χ1n) is 6.53. The highest BCUT2D eigenvalue weighted by Crippen LogP contribution is 2.30. The van der Waals surface area contributed by atoms with Crippen molar-refractivity contribution in [1.82, 2.24) is 0 Å². The first-order chi connectivity index (χ1) is 9.84. The van der Waals surface area contributed by atoms with Crippen molar-refractivity contribution in [2.24, 2.45) is 0 Å². The standard InChI is InChI=1S/C16H15F4N/c1-11(9-12-5-7-14(17)8-6-12)21-15-4-2-3-13(10-15)16(18,19)20/h2-8,10-11,21H,9H2,1H3. The lowest BCUT2D eigenvalue weighted by Crippen LogP contribution is -2.18. The first-order valence-corrected chi connectivity index (χ1v) is 6.53. The van der Waals surface area contributed by atoms with Gasteiger partial charge in [0.25, 0.3) is 0 Å². The van der Waals surface area contributed by atoms with Gasteiger partial charge in [-0.3, -0.25) is 0 Å². The number of anilines is 1. The Bertz CT molecular complexity index is 590. The van der Waals surface area contributed by atoms with Crippen molar-refractivity contribution in [2.75, 3.05) is 5.32 Å². The zero-order chi connectivity index (χ0) is 15.5. The summed E-state index contributed by atoms with van der Waals surface area (Å²) in [5.41, 5.74) is 0.657. The molecule has 1 N–H and O–H groups in total. The summed E-state index contributed by atoms with van der Waals surface area (Å²) in [6.07, 6.45) is -3.76. The number of nitrogens with one attached hydrogen (secondary N) is 1. The molecule has 1 unspecified atom stereocenters. The van der Waals surface area contributed by atoms with Crippen molar-refractivity contribution in [3.63, 3.8) is 0 Å². The summed E-state index contributed by atoms with van der Waals surface area (Å²) in [7, 11) is 0. The minimum atomic E-state index is -4.35. The Morgan fingerprint density at radius 2 is 1.71 bits per heavy atom. The molecule has 0 fully saturated rings. The Labute approximate surface area is 120 Å². The predicted molar refractivity (Wildman–Crippen MR) is 74.6 cm³/mol. The smallest absolute Gasteiger partial charge is 0.382 e. The van der Waals surface area contributed by atoms with E-state index in [-0.39, 0.29) is 11.9 Å². The van der Waals surface area contributed by atoms with E-state index in [1.807, 2.05) is 6.92 Å². The molecule has 1 atom stereocenters. The number of halogens is 4. The molecule has 21 heavy (non-hydrogen) atoms. The summed E-state index contributed by atoms with van der Waals surface area (Å²) < 4.78 is 50.7. The molecule has 112 valence electrons. The van der Waals surface area contributed by atoms with Crippen LogP contribution in [0.5, 0.6) is 0 Å². The lowest BCUT2D eigenvalue weighted by Gasteiger charge is -2.16. The van der Waals surface area contributed by atoms with Crippen LogP contribution >= 0.6 is 0 Å². The summed E-state index contributed by atoms with van der Waals surface area (Å²) in [4.78, 5) is 0. The van der Waals surface area contributed by atoms with Gasteiger partial charge in [0.05, 0.1) is 5.56 Å². The van der Waals surface area contributed by atoms with E-state index in [1.54, 1.807) is 18.2 Å². The van der Waals surface area contributed by atoms with Gasteiger partial charge in [0, 0.05) is 11.7 Å². The van der Waals surface area contributed by atoms with E-state index in [2.05, 4.69) is 5.32 Å². The van der Waals surface area contributed by atoms with Gasteiger partial charge in [-0.2, -0.15) is 13.2 Å². The second-order valence-corrected chi connectivity index (χ2v) is 4.95. The molecule has 0 aromatic heterocycles. The molecule has 5 heteroatoms. The molecule has 2 aromatic rings. The maximum Gasteiger partial charge on any atom is 0.416 e. The minimum Gasteiger partial charge on any atom is -0.382 e. The fraction of sp³-hybridized carbons (Fsp3) is 0.250. The molecule has 0 amide bonds. The second kappa shape index (κ2) is 6.16. The fourth-order valence-electron chi connectivity index (χ4n) is 2.09. The van der Waals surface area contributed by atoms with Crippen molar-refractivity contribution in [1.29, 1.82) is 0 Å². The van der Waals surface area contributed by atoms with E-state index >= 15 is 0 Å². The first kappa shape index (κ1) is 15.4. The van der Waals surface area contributed by atoms with Crippen LogP contribution in [0, 0.1) is 5.82 Å². The third-order valence-corrected chi connectivity index (χ3v) is 3.06. The van der Waals surface area contributed by atoms with Gasteiger partial charge in [0.15, 0.2) is 0 Å². The van der Waals surface area contributed by atoms with Gasteiger partial charge in [-0.15, -0.1) is 0 Å². The Morgan fingerprint density at radius 1 is 1.05 bits per heavy atom. The third kappa shape index (κ3) is 4.48. The van der Waals surface area contributed by atoms with E-state index in [4.69, 9.17) is 0 Å². The highest BCUT2D eigenvalue weighted by molar-refractivity contribution is 5.47. The van der Waals surface area contributed by atoms with Crippen molar-refractivity contribution < 1.29 is 17.6 Å². The van der Waals surface area contributed by atoms with Gasteiger partial charge in [-0.25, -0.2) is 4.39 Å². The van der Waals surface area contributed by atoms with Gasteiger partial charge >= 0.3 is 6.18 Å². The van der Waals surface area contributed by atoms with E-state index in [0.717, 1.165) is 17.7 Å². The van der Waals surface area contributed by atoms with E-state index in [9.17, 15) is 17.6 Å². The number of alkyl halides is 3. The van der Waals surface area contributed by atoms with Crippen molar-refractivity contribution in [3.05, 3.63) is 65.5 Å². The quantitative estimate of drug-likeness (QED) is 0.792. The van der Waals surface area contributed by atoms with Crippen LogP contribution in [-0.4, -0.2) is 6.04 Å². The van der Waals surface area contributed by atoms with Crippen LogP contribution in [0.2, 0.25) is 0 Å². The molecule has 0 radical (unpaired) electrons. The van der Waals surface area contributed by atoms with Crippen molar-refractivity contribution in [3.8, 4) is 0 Å². The SMILES string of the molecule is CC(Cc1ccc(F)cc1)Nc1cccc(C(F)(F)F)c1. The van der Waals surface area contributed by atoms with Gasteiger partial charge in [-0.1, -0.05) is 18.2 Å². The Kier molecular flexibility index (Phi) is 4.50. The topological polar surface area (TPSA) is 12.0 Å². The number of hydrogen-bond acceptors (Lipinski definition) is 1. The third-order valence-electron chi connectivity index (χ3n) is 3.06. The summed E-state index contributed by atoms with van der Waals surface area (Å²) >= 11 is 0. The Morgan fingerprint density at radius 3 is 2.33 bits per heavy atom. The summed E-state index contributed by atoms with van der Waals surface area (Å²) in [5.74, 6) is -0.308. The minimum absolute atomic E-state index is 0.0704. The van der Waals surface area contributed by atoms with E-state index in [0.29, 0.717) is 12.1 Å². The lowest BCUT2D eigenvalue weighted by atomic mass is 10.1. The van der Waals surface area contributed by atoms with E-state index in [1.165, 1.54) is 18.2 Å². The number of benzene rings is 2. The molecule has 0 aliphatic carbocycles. The van der Waals surface area contributed by atoms with Crippen LogP contribution in [-0.2, 0) is 12.6 Å². The van der Waals surface area contributed by atoms with Crippen LogP contribution in [0.3, 0.4) is 0 Å². The molecule has 0 spiro atoms. The molecule has 0 bridgehead atoms. The van der Waals surface area contributed by atoms with Crippen LogP contribution in [0.4, 0.5) is 23.2 Å². The van der Waals surface area contributed by atoms with Gasteiger partial charge in [0.1, 0.15) is 5.82 Å². The fourth-order valence-corrected chi connectivity index (χ4v) is 2.09. The highest BCUT2D eigenvalue weighted by atomic mass is 19.4. The largest absolute Gasteiger partial charge is 0.416 e. The van der Waals surface area contributed by atoms with Gasteiger partial charge < -0.3 is 5.32 Å². The maximum absolute atomic E-state index is 12.8. The molecular weight excluding hydrogens is 282 g/mol. The molecule has 2 rings (SSSR count). The number of rotatable bonds is 4. The molecule has 0 heterocycles. The Hall–Kier alpha value is -2.04. The highest BCUT2D eigenvalue weighted by Gasteiger charge is 2.30.